The van der Waals surface area contributed by atoms with E-state index in [1.165, 1.54) is 13.1 Å². The minimum absolute atomic E-state index is 0.00545. The first-order valence-electron chi connectivity index (χ1n) is 9.40. The molecule has 1 N–H and O–H groups in total. The molecule has 3 rings (SSSR count). The minimum atomic E-state index is -0.453. The van der Waals surface area contributed by atoms with E-state index in [1.54, 1.807) is 47.1 Å². The fraction of sp³-hybridized carbons (Fsp3) is 0.350. The highest BCUT2D eigenvalue weighted by Crippen LogP contribution is 2.20. The van der Waals surface area contributed by atoms with Crippen LogP contribution < -0.4 is 5.32 Å². The summed E-state index contributed by atoms with van der Waals surface area (Å²) in [4.78, 5) is 48.2. The van der Waals surface area contributed by atoms with E-state index in [-0.39, 0.29) is 30.1 Å². The quantitative estimate of drug-likeness (QED) is 0.766. The van der Waals surface area contributed by atoms with Crippen molar-refractivity contribution in [3.05, 3.63) is 47.8 Å². The summed E-state index contributed by atoms with van der Waals surface area (Å²) in [6, 6.07) is 8.41. The number of piperazine rings is 1. The third-order valence-corrected chi connectivity index (χ3v) is 4.56. The second-order valence-electron chi connectivity index (χ2n) is 6.45. The number of esters is 1. The number of hydrogen-bond acceptors (Lipinski definition) is 7. The minimum Gasteiger partial charge on any atom is -0.462 e. The lowest BCUT2D eigenvalue weighted by atomic mass is 10.2. The summed E-state index contributed by atoms with van der Waals surface area (Å²) >= 11 is 0. The molecule has 0 saturated carbocycles. The lowest BCUT2D eigenvalue weighted by Gasteiger charge is -2.34. The molecule has 0 bridgehead atoms. The molecular weight excluding hydrogens is 374 g/mol. The van der Waals surface area contributed by atoms with Crippen molar-refractivity contribution in [2.24, 2.45) is 0 Å². The molecule has 2 aromatic rings. The molecule has 0 aliphatic carbocycles. The van der Waals surface area contributed by atoms with Crippen LogP contribution in [0.25, 0.3) is 0 Å². The zero-order valence-electron chi connectivity index (χ0n) is 16.4. The number of benzene rings is 1. The van der Waals surface area contributed by atoms with Crippen molar-refractivity contribution in [1.29, 1.82) is 0 Å². The fourth-order valence-electron chi connectivity index (χ4n) is 3.02. The van der Waals surface area contributed by atoms with Crippen molar-refractivity contribution in [3.8, 4) is 0 Å². The summed E-state index contributed by atoms with van der Waals surface area (Å²) in [7, 11) is 0. The van der Waals surface area contributed by atoms with E-state index in [1.807, 2.05) is 0 Å². The Morgan fingerprint density at radius 3 is 2.45 bits per heavy atom. The predicted octanol–water partition coefficient (Wildman–Crippen LogP) is 1.70. The molecule has 1 aromatic heterocycles. The average molecular weight is 397 g/mol. The summed E-state index contributed by atoms with van der Waals surface area (Å²) in [6.45, 7) is 5.45. The number of carbonyl (C=O) groups is 3. The van der Waals surface area contributed by atoms with Crippen LogP contribution in [0.4, 0.5) is 11.6 Å². The first-order chi connectivity index (χ1) is 14.0. The van der Waals surface area contributed by atoms with Gasteiger partial charge in [-0.2, -0.15) is 0 Å². The van der Waals surface area contributed by atoms with E-state index in [4.69, 9.17) is 4.74 Å². The molecule has 1 fully saturated rings. The molecule has 0 spiro atoms. The van der Waals surface area contributed by atoms with Gasteiger partial charge in [-0.1, -0.05) is 12.1 Å². The largest absolute Gasteiger partial charge is 0.462 e. The molecule has 152 valence electrons. The third-order valence-electron chi connectivity index (χ3n) is 4.56. The molecule has 0 radical (unpaired) electrons. The van der Waals surface area contributed by atoms with E-state index in [9.17, 15) is 14.4 Å². The Hall–Kier alpha value is -3.49. The number of carbonyl (C=O) groups excluding carboxylic acids is 3. The van der Waals surface area contributed by atoms with E-state index in [2.05, 4.69) is 15.3 Å². The molecule has 1 aliphatic rings. The van der Waals surface area contributed by atoms with Crippen LogP contribution in [0.3, 0.4) is 0 Å². The maximum absolute atomic E-state index is 12.8. The van der Waals surface area contributed by atoms with Crippen LogP contribution in [0.5, 0.6) is 0 Å². The number of nitrogens with one attached hydrogen (secondary N) is 1. The van der Waals surface area contributed by atoms with Gasteiger partial charge in [0.25, 0.3) is 5.91 Å². The zero-order chi connectivity index (χ0) is 20.8. The lowest BCUT2D eigenvalue weighted by Crippen LogP contribution is -2.50. The molecule has 2 heterocycles. The van der Waals surface area contributed by atoms with Gasteiger partial charge in [0.05, 0.1) is 17.9 Å². The number of rotatable bonds is 5. The molecule has 29 heavy (non-hydrogen) atoms. The highest BCUT2D eigenvalue weighted by Gasteiger charge is 2.24. The van der Waals surface area contributed by atoms with Gasteiger partial charge < -0.3 is 19.9 Å². The Morgan fingerprint density at radius 1 is 1.07 bits per heavy atom. The van der Waals surface area contributed by atoms with Crippen molar-refractivity contribution in [1.82, 2.24) is 19.8 Å². The normalized spacial score (nSPS) is 13.7. The molecular formula is C20H23N5O4. The monoisotopic (exact) mass is 397 g/mol. The molecule has 1 aromatic carbocycles. The molecule has 2 amide bonds. The first kappa shape index (κ1) is 20.2. The van der Waals surface area contributed by atoms with Gasteiger partial charge in [-0.15, -0.1) is 0 Å². The maximum Gasteiger partial charge on any atom is 0.340 e. The molecule has 1 saturated heterocycles. The van der Waals surface area contributed by atoms with Crippen LogP contribution in [-0.4, -0.2) is 70.3 Å². The summed E-state index contributed by atoms with van der Waals surface area (Å²) in [5.74, 6) is -0.468. The van der Waals surface area contributed by atoms with Crippen molar-refractivity contribution < 1.29 is 19.1 Å². The summed E-state index contributed by atoms with van der Waals surface area (Å²) < 4.78 is 5.06. The zero-order valence-corrected chi connectivity index (χ0v) is 16.4. The van der Waals surface area contributed by atoms with E-state index in [0.29, 0.717) is 37.4 Å². The van der Waals surface area contributed by atoms with Crippen LogP contribution in [-0.2, 0) is 9.53 Å². The topological polar surface area (TPSA) is 105 Å². The Morgan fingerprint density at radius 2 is 1.76 bits per heavy atom. The SMILES string of the molecule is CCOC(=O)c1ccccc1Nc1nccc(C(=O)N2CCN(C(C)=O)CC2)n1. The van der Waals surface area contributed by atoms with Gasteiger partial charge in [0.15, 0.2) is 0 Å². The number of nitrogens with zero attached hydrogens (tertiary/aromatic N) is 4. The standard InChI is InChI=1S/C20H23N5O4/c1-3-29-19(28)15-6-4-5-7-16(15)22-20-21-9-8-17(23-20)18(27)25-12-10-24(11-13-25)14(2)26/h4-9H,3,10-13H2,1-2H3,(H,21,22,23). The van der Waals surface area contributed by atoms with Gasteiger partial charge >= 0.3 is 5.97 Å². The first-order valence-corrected chi connectivity index (χ1v) is 9.40. The van der Waals surface area contributed by atoms with Gasteiger partial charge in [-0.3, -0.25) is 9.59 Å². The van der Waals surface area contributed by atoms with Gasteiger partial charge in [-0.05, 0) is 25.1 Å². The van der Waals surface area contributed by atoms with Crippen LogP contribution in [0.15, 0.2) is 36.5 Å². The van der Waals surface area contributed by atoms with Crippen LogP contribution in [0.1, 0.15) is 34.7 Å². The predicted molar refractivity (Wildman–Crippen MR) is 106 cm³/mol. The van der Waals surface area contributed by atoms with Crippen LogP contribution in [0.2, 0.25) is 0 Å². The highest BCUT2D eigenvalue weighted by atomic mass is 16.5. The van der Waals surface area contributed by atoms with Crippen molar-refractivity contribution in [2.75, 3.05) is 38.1 Å². The summed E-state index contributed by atoms with van der Waals surface area (Å²) in [5, 5.41) is 2.99. The Kier molecular flexibility index (Phi) is 6.38. The Bertz CT molecular complexity index is 909. The summed E-state index contributed by atoms with van der Waals surface area (Å²) in [5.41, 5.74) is 1.09. The van der Waals surface area contributed by atoms with E-state index >= 15 is 0 Å². The molecule has 9 heteroatoms. The summed E-state index contributed by atoms with van der Waals surface area (Å²) in [6.07, 6.45) is 1.49. The molecule has 1 aliphatic heterocycles. The molecule has 0 atom stereocenters. The van der Waals surface area contributed by atoms with Crippen molar-refractivity contribution >= 4 is 29.4 Å². The average Bonchev–Trinajstić information content (AvgIpc) is 2.74. The molecule has 0 unspecified atom stereocenters. The number of amides is 2. The van der Waals surface area contributed by atoms with Gasteiger partial charge in [0.1, 0.15) is 5.69 Å². The lowest BCUT2D eigenvalue weighted by molar-refractivity contribution is -0.130. The Labute approximate surface area is 168 Å². The second-order valence-corrected chi connectivity index (χ2v) is 6.45. The van der Waals surface area contributed by atoms with Gasteiger partial charge in [-0.25, -0.2) is 14.8 Å². The van der Waals surface area contributed by atoms with Crippen LogP contribution >= 0.6 is 0 Å². The van der Waals surface area contributed by atoms with Crippen molar-refractivity contribution in [2.45, 2.75) is 13.8 Å². The smallest absolute Gasteiger partial charge is 0.340 e. The highest BCUT2D eigenvalue weighted by molar-refractivity contribution is 5.96. The van der Waals surface area contributed by atoms with Gasteiger partial charge in [0.2, 0.25) is 11.9 Å². The number of para-hydroxylation sites is 1. The number of aromatic nitrogens is 2. The number of anilines is 2. The second kappa shape index (κ2) is 9.13. The maximum atomic E-state index is 12.8. The Balaban J connectivity index is 1.73. The molecule has 9 nitrogen and oxygen atoms in total. The number of ether oxygens (including phenoxy) is 1. The van der Waals surface area contributed by atoms with Gasteiger partial charge in [0, 0.05) is 39.3 Å². The fourth-order valence-corrected chi connectivity index (χ4v) is 3.02. The van der Waals surface area contributed by atoms with Crippen molar-refractivity contribution in [3.63, 3.8) is 0 Å². The van der Waals surface area contributed by atoms with E-state index < -0.39 is 5.97 Å². The van der Waals surface area contributed by atoms with E-state index in [0.717, 1.165) is 0 Å². The third kappa shape index (κ3) is 4.87. The van der Waals surface area contributed by atoms with Crippen LogP contribution in [0, 0.1) is 0 Å². The number of hydrogen-bond donors (Lipinski definition) is 1.